The zero-order chi connectivity index (χ0) is 25.1. The third kappa shape index (κ3) is 4.75. The summed E-state index contributed by atoms with van der Waals surface area (Å²) in [5.74, 6) is 1.45. The van der Waals surface area contributed by atoms with E-state index in [1.807, 2.05) is 84.9 Å². The molecule has 6 heteroatoms. The summed E-state index contributed by atoms with van der Waals surface area (Å²) in [7, 11) is 1.61. The van der Waals surface area contributed by atoms with E-state index in [1.165, 1.54) is 12.1 Å². The molecule has 0 saturated carbocycles. The second kappa shape index (κ2) is 9.74. The highest BCUT2D eigenvalue weighted by molar-refractivity contribution is 5.82. The van der Waals surface area contributed by atoms with Crippen LogP contribution in [0.1, 0.15) is 11.1 Å². The maximum absolute atomic E-state index is 13.2. The molecule has 0 aliphatic carbocycles. The Morgan fingerprint density at radius 1 is 0.694 bits per heavy atom. The Morgan fingerprint density at radius 2 is 1.28 bits per heavy atom. The Bertz CT molecular complexity index is 1440. The van der Waals surface area contributed by atoms with Crippen LogP contribution in [0.2, 0.25) is 0 Å². The molecule has 3 nitrogen and oxygen atoms in total. The van der Waals surface area contributed by atoms with Crippen LogP contribution in [0.5, 0.6) is 5.75 Å². The molecular formula is C30H23F3N2O. The molecule has 0 amide bonds. The molecule has 36 heavy (non-hydrogen) atoms. The van der Waals surface area contributed by atoms with Crippen LogP contribution in [0, 0.1) is 0 Å². The first-order valence-corrected chi connectivity index (χ1v) is 11.5. The van der Waals surface area contributed by atoms with Crippen molar-refractivity contribution in [3.8, 4) is 39.7 Å². The van der Waals surface area contributed by atoms with Gasteiger partial charge in [-0.3, -0.25) is 0 Å². The smallest absolute Gasteiger partial charge is 0.416 e. The molecule has 0 saturated heterocycles. The number of rotatable bonds is 6. The van der Waals surface area contributed by atoms with Gasteiger partial charge in [0.2, 0.25) is 0 Å². The fourth-order valence-corrected chi connectivity index (χ4v) is 4.24. The Balaban J connectivity index is 1.75. The molecule has 180 valence electrons. The fourth-order valence-electron chi connectivity index (χ4n) is 4.24. The molecule has 0 aliphatic rings. The van der Waals surface area contributed by atoms with Gasteiger partial charge in [-0.1, -0.05) is 72.8 Å². The van der Waals surface area contributed by atoms with Gasteiger partial charge in [0, 0.05) is 23.2 Å². The molecule has 1 aromatic heterocycles. The quantitative estimate of drug-likeness (QED) is 0.244. The molecule has 0 bridgehead atoms. The van der Waals surface area contributed by atoms with Gasteiger partial charge in [-0.2, -0.15) is 13.2 Å². The molecule has 0 spiro atoms. The van der Waals surface area contributed by atoms with E-state index in [-0.39, 0.29) is 0 Å². The van der Waals surface area contributed by atoms with Gasteiger partial charge in [0.1, 0.15) is 11.6 Å². The van der Waals surface area contributed by atoms with Gasteiger partial charge in [-0.25, -0.2) is 4.98 Å². The van der Waals surface area contributed by atoms with Gasteiger partial charge in [0.15, 0.2) is 0 Å². The molecule has 0 N–H and O–H groups in total. The predicted molar refractivity (Wildman–Crippen MR) is 136 cm³/mol. The number of hydrogen-bond acceptors (Lipinski definition) is 2. The van der Waals surface area contributed by atoms with Gasteiger partial charge >= 0.3 is 6.18 Å². The van der Waals surface area contributed by atoms with Gasteiger partial charge in [0.25, 0.3) is 0 Å². The van der Waals surface area contributed by atoms with Crippen molar-refractivity contribution in [1.82, 2.24) is 9.55 Å². The molecule has 5 rings (SSSR count). The standard InChI is InChI=1S/C30H23F3N2O/c1-36-26-18-14-24(15-19-26)29-34-27(22-12-16-25(17-13-22)30(31,32)33)28(23-10-6-3-7-11-23)35(29)20-21-8-4-2-5-9-21/h2-19H,20H2,1H3. The predicted octanol–water partition coefficient (Wildman–Crippen LogP) is 7.96. The molecule has 0 unspecified atom stereocenters. The molecule has 0 atom stereocenters. The highest BCUT2D eigenvalue weighted by Crippen LogP contribution is 2.38. The zero-order valence-electron chi connectivity index (χ0n) is 19.5. The summed E-state index contributed by atoms with van der Waals surface area (Å²) in [6, 6.07) is 32.6. The van der Waals surface area contributed by atoms with Crippen molar-refractivity contribution in [2.45, 2.75) is 12.7 Å². The minimum Gasteiger partial charge on any atom is -0.497 e. The largest absolute Gasteiger partial charge is 0.497 e. The fraction of sp³-hybridized carbons (Fsp3) is 0.100. The molecule has 0 aliphatic heterocycles. The highest BCUT2D eigenvalue weighted by Gasteiger charge is 2.30. The summed E-state index contributed by atoms with van der Waals surface area (Å²) >= 11 is 0. The normalized spacial score (nSPS) is 11.4. The SMILES string of the molecule is COc1ccc(-c2nc(-c3ccc(C(F)(F)F)cc3)c(-c3ccccc3)n2Cc2ccccc2)cc1. The highest BCUT2D eigenvalue weighted by atomic mass is 19.4. The summed E-state index contributed by atoms with van der Waals surface area (Å²) in [5.41, 5.74) is 4.27. The number of alkyl halides is 3. The Morgan fingerprint density at radius 3 is 1.86 bits per heavy atom. The number of imidazole rings is 1. The molecule has 1 heterocycles. The molecule has 0 radical (unpaired) electrons. The van der Waals surface area contributed by atoms with Crippen LogP contribution in [0.25, 0.3) is 33.9 Å². The van der Waals surface area contributed by atoms with Crippen molar-refractivity contribution < 1.29 is 17.9 Å². The summed E-state index contributed by atoms with van der Waals surface area (Å²) in [6.07, 6.45) is -4.40. The van der Waals surface area contributed by atoms with Crippen molar-refractivity contribution in [1.29, 1.82) is 0 Å². The van der Waals surface area contributed by atoms with E-state index in [0.717, 1.165) is 46.1 Å². The summed E-state index contributed by atoms with van der Waals surface area (Å²) in [6.45, 7) is 0.542. The number of nitrogens with zero attached hydrogens (tertiary/aromatic N) is 2. The lowest BCUT2D eigenvalue weighted by Crippen LogP contribution is -2.05. The van der Waals surface area contributed by atoms with Crippen molar-refractivity contribution >= 4 is 0 Å². The topological polar surface area (TPSA) is 27.1 Å². The lowest BCUT2D eigenvalue weighted by Gasteiger charge is -2.14. The first kappa shape index (κ1) is 23.4. The monoisotopic (exact) mass is 484 g/mol. The Labute approximate surface area is 207 Å². The lowest BCUT2D eigenvalue weighted by molar-refractivity contribution is -0.137. The number of ether oxygens (including phenoxy) is 1. The number of hydrogen-bond donors (Lipinski definition) is 0. The second-order valence-electron chi connectivity index (χ2n) is 8.37. The summed E-state index contributed by atoms with van der Waals surface area (Å²) in [5, 5.41) is 0. The van der Waals surface area contributed by atoms with E-state index in [0.29, 0.717) is 17.8 Å². The van der Waals surface area contributed by atoms with E-state index in [9.17, 15) is 13.2 Å². The van der Waals surface area contributed by atoms with Crippen LogP contribution < -0.4 is 4.74 Å². The first-order chi connectivity index (χ1) is 17.4. The van der Waals surface area contributed by atoms with Crippen LogP contribution in [0.4, 0.5) is 13.2 Å². The number of aromatic nitrogens is 2. The van der Waals surface area contributed by atoms with Crippen molar-refractivity contribution in [2.24, 2.45) is 0 Å². The minimum absolute atomic E-state index is 0.542. The third-order valence-corrected chi connectivity index (χ3v) is 6.03. The average molecular weight is 485 g/mol. The number of benzene rings is 4. The number of halogens is 3. The van der Waals surface area contributed by atoms with Crippen molar-refractivity contribution in [3.63, 3.8) is 0 Å². The summed E-state index contributed by atoms with van der Waals surface area (Å²) in [4.78, 5) is 5.01. The Hall–Kier alpha value is -4.32. The van der Waals surface area contributed by atoms with Crippen molar-refractivity contribution in [2.75, 3.05) is 7.11 Å². The van der Waals surface area contributed by atoms with Gasteiger partial charge in [-0.05, 0) is 42.0 Å². The summed E-state index contributed by atoms with van der Waals surface area (Å²) < 4.78 is 47.1. The van der Waals surface area contributed by atoms with Gasteiger partial charge in [-0.15, -0.1) is 0 Å². The molecular weight excluding hydrogens is 461 g/mol. The first-order valence-electron chi connectivity index (χ1n) is 11.5. The third-order valence-electron chi connectivity index (χ3n) is 6.03. The Kier molecular flexibility index (Phi) is 6.34. The van der Waals surface area contributed by atoms with E-state index in [1.54, 1.807) is 7.11 Å². The maximum atomic E-state index is 13.2. The molecule has 0 fully saturated rings. The molecule has 5 aromatic rings. The van der Waals surface area contributed by atoms with E-state index in [4.69, 9.17) is 9.72 Å². The zero-order valence-corrected chi connectivity index (χ0v) is 19.5. The van der Waals surface area contributed by atoms with Crippen LogP contribution in [0.15, 0.2) is 109 Å². The van der Waals surface area contributed by atoms with Crippen LogP contribution in [-0.4, -0.2) is 16.7 Å². The van der Waals surface area contributed by atoms with Gasteiger partial charge < -0.3 is 9.30 Å². The maximum Gasteiger partial charge on any atom is 0.416 e. The van der Waals surface area contributed by atoms with Crippen LogP contribution in [-0.2, 0) is 12.7 Å². The van der Waals surface area contributed by atoms with Gasteiger partial charge in [0.05, 0.1) is 24.1 Å². The van der Waals surface area contributed by atoms with E-state index >= 15 is 0 Å². The lowest BCUT2D eigenvalue weighted by atomic mass is 10.0. The van der Waals surface area contributed by atoms with Crippen molar-refractivity contribution in [3.05, 3.63) is 120 Å². The second-order valence-corrected chi connectivity index (χ2v) is 8.37. The minimum atomic E-state index is -4.40. The van der Waals surface area contributed by atoms with Crippen LogP contribution >= 0.6 is 0 Å². The molecule has 4 aromatic carbocycles. The average Bonchev–Trinajstić information content (AvgIpc) is 3.28. The van der Waals surface area contributed by atoms with E-state index < -0.39 is 11.7 Å². The van der Waals surface area contributed by atoms with Crippen LogP contribution in [0.3, 0.4) is 0 Å². The van der Waals surface area contributed by atoms with E-state index in [2.05, 4.69) is 4.57 Å². The number of methoxy groups -OCH3 is 1.